The standard InChI is InChI=1S/C24H39N3/c1(5-17-26-18-6-2-7-19-26)4-16-25-22-12-10-21(11-13-22)24-15-14-23-9-3-8-20-27(23)24/h10-13,23-25H,1-9,14-20H2. The molecule has 3 nitrogen and oxygen atoms in total. The van der Waals surface area contributed by atoms with Crippen LogP contribution in [0.15, 0.2) is 24.3 Å². The normalized spacial score (nSPS) is 26.8. The van der Waals surface area contributed by atoms with Crippen molar-refractivity contribution < 1.29 is 0 Å². The van der Waals surface area contributed by atoms with Crippen molar-refractivity contribution in [1.29, 1.82) is 0 Å². The fraction of sp³-hybridized carbons (Fsp3) is 0.750. The average molecular weight is 370 g/mol. The smallest absolute Gasteiger partial charge is 0.0351 e. The second-order valence-electron chi connectivity index (χ2n) is 8.99. The Morgan fingerprint density at radius 2 is 1.59 bits per heavy atom. The van der Waals surface area contributed by atoms with Gasteiger partial charge in [0.05, 0.1) is 0 Å². The van der Waals surface area contributed by atoms with Gasteiger partial charge in [0.25, 0.3) is 0 Å². The molecular weight excluding hydrogens is 330 g/mol. The number of unbranched alkanes of at least 4 members (excludes halogenated alkanes) is 2. The van der Waals surface area contributed by atoms with Crippen molar-refractivity contribution in [2.24, 2.45) is 0 Å². The SMILES string of the molecule is c1cc(C2CCC3CCCCN32)ccc1NCCCCCN1CCCCC1. The summed E-state index contributed by atoms with van der Waals surface area (Å²) < 4.78 is 0. The predicted molar refractivity (Wildman–Crippen MR) is 115 cm³/mol. The molecule has 0 saturated carbocycles. The topological polar surface area (TPSA) is 18.5 Å². The van der Waals surface area contributed by atoms with E-state index in [4.69, 9.17) is 0 Å². The van der Waals surface area contributed by atoms with Crippen LogP contribution in [0.25, 0.3) is 0 Å². The highest BCUT2D eigenvalue weighted by molar-refractivity contribution is 5.45. The Labute approximate surface area is 166 Å². The molecule has 1 aromatic carbocycles. The van der Waals surface area contributed by atoms with Gasteiger partial charge in [0.1, 0.15) is 0 Å². The number of rotatable bonds is 8. The second kappa shape index (κ2) is 9.93. The predicted octanol–water partition coefficient (Wildman–Crippen LogP) is 5.44. The fourth-order valence-electron chi connectivity index (χ4n) is 5.49. The van der Waals surface area contributed by atoms with E-state index in [0.29, 0.717) is 6.04 Å². The van der Waals surface area contributed by atoms with Crippen molar-refractivity contribution >= 4 is 5.69 Å². The van der Waals surface area contributed by atoms with Crippen LogP contribution in [0.3, 0.4) is 0 Å². The van der Waals surface area contributed by atoms with Gasteiger partial charge in [0.2, 0.25) is 0 Å². The first-order chi connectivity index (χ1) is 13.4. The molecule has 3 saturated heterocycles. The molecule has 3 heteroatoms. The molecular formula is C24H39N3. The molecule has 3 fully saturated rings. The van der Waals surface area contributed by atoms with E-state index in [1.54, 1.807) is 0 Å². The number of hydrogen-bond acceptors (Lipinski definition) is 3. The van der Waals surface area contributed by atoms with E-state index < -0.39 is 0 Å². The molecule has 2 atom stereocenters. The van der Waals surface area contributed by atoms with Crippen molar-refractivity contribution in [3.05, 3.63) is 29.8 Å². The van der Waals surface area contributed by atoms with E-state index in [-0.39, 0.29) is 0 Å². The number of likely N-dealkylation sites (tertiary alicyclic amines) is 1. The molecule has 0 aliphatic carbocycles. The zero-order valence-electron chi connectivity index (χ0n) is 17.2. The van der Waals surface area contributed by atoms with Crippen LogP contribution in [-0.4, -0.2) is 48.6 Å². The summed E-state index contributed by atoms with van der Waals surface area (Å²) in [6.45, 7) is 6.41. The zero-order valence-corrected chi connectivity index (χ0v) is 17.2. The summed E-state index contributed by atoms with van der Waals surface area (Å²) in [4.78, 5) is 5.44. The molecule has 27 heavy (non-hydrogen) atoms. The van der Waals surface area contributed by atoms with Crippen LogP contribution in [0.1, 0.15) is 82.2 Å². The fourth-order valence-corrected chi connectivity index (χ4v) is 5.49. The molecule has 1 N–H and O–H groups in total. The van der Waals surface area contributed by atoms with Crippen molar-refractivity contribution in [1.82, 2.24) is 9.80 Å². The van der Waals surface area contributed by atoms with Gasteiger partial charge in [-0.2, -0.15) is 0 Å². The summed E-state index contributed by atoms with van der Waals surface area (Å²) in [6, 6.07) is 10.9. The van der Waals surface area contributed by atoms with Gasteiger partial charge < -0.3 is 10.2 Å². The minimum Gasteiger partial charge on any atom is -0.385 e. The minimum atomic E-state index is 0.680. The van der Waals surface area contributed by atoms with Gasteiger partial charge in [-0.25, -0.2) is 0 Å². The monoisotopic (exact) mass is 369 g/mol. The summed E-state index contributed by atoms with van der Waals surface area (Å²) in [5.74, 6) is 0. The molecule has 150 valence electrons. The highest BCUT2D eigenvalue weighted by atomic mass is 15.2. The highest BCUT2D eigenvalue weighted by Crippen LogP contribution is 2.40. The third kappa shape index (κ3) is 5.26. The van der Waals surface area contributed by atoms with Crippen molar-refractivity contribution in [2.75, 3.05) is 38.0 Å². The van der Waals surface area contributed by atoms with Gasteiger partial charge in [-0.15, -0.1) is 0 Å². The molecule has 0 amide bonds. The lowest BCUT2D eigenvalue weighted by Gasteiger charge is -2.34. The third-order valence-corrected chi connectivity index (χ3v) is 7.07. The first-order valence-corrected chi connectivity index (χ1v) is 11.7. The molecule has 1 aromatic rings. The maximum absolute atomic E-state index is 3.63. The molecule has 0 aromatic heterocycles. The average Bonchev–Trinajstić information content (AvgIpc) is 3.16. The Kier molecular flexibility index (Phi) is 7.09. The largest absolute Gasteiger partial charge is 0.385 e. The summed E-state index contributed by atoms with van der Waals surface area (Å²) in [5.41, 5.74) is 2.83. The summed E-state index contributed by atoms with van der Waals surface area (Å²) in [6.07, 6.45) is 15.3. The first-order valence-electron chi connectivity index (χ1n) is 11.7. The minimum absolute atomic E-state index is 0.680. The number of benzene rings is 1. The van der Waals surface area contributed by atoms with Crippen LogP contribution < -0.4 is 5.32 Å². The van der Waals surface area contributed by atoms with Gasteiger partial charge in [0, 0.05) is 24.3 Å². The zero-order chi connectivity index (χ0) is 18.3. The molecule has 0 bridgehead atoms. The quantitative estimate of drug-likeness (QED) is 0.615. The van der Waals surface area contributed by atoms with Crippen LogP contribution in [0.5, 0.6) is 0 Å². The van der Waals surface area contributed by atoms with Gasteiger partial charge in [-0.05, 0) is 95.2 Å². The van der Waals surface area contributed by atoms with Crippen molar-refractivity contribution in [2.45, 2.75) is 82.7 Å². The number of anilines is 1. The van der Waals surface area contributed by atoms with E-state index >= 15 is 0 Å². The number of nitrogens with one attached hydrogen (secondary N) is 1. The number of piperidine rings is 2. The summed E-state index contributed by atoms with van der Waals surface area (Å²) >= 11 is 0. The molecule has 2 unspecified atom stereocenters. The van der Waals surface area contributed by atoms with Crippen LogP contribution >= 0.6 is 0 Å². The number of nitrogens with zero attached hydrogens (tertiary/aromatic N) is 2. The van der Waals surface area contributed by atoms with Crippen molar-refractivity contribution in [3.8, 4) is 0 Å². The summed E-state index contributed by atoms with van der Waals surface area (Å²) in [5, 5.41) is 3.63. The second-order valence-corrected chi connectivity index (χ2v) is 8.99. The van der Waals surface area contributed by atoms with Crippen LogP contribution in [0.4, 0.5) is 5.69 Å². The van der Waals surface area contributed by atoms with E-state index in [2.05, 4.69) is 39.4 Å². The van der Waals surface area contributed by atoms with E-state index in [9.17, 15) is 0 Å². The van der Waals surface area contributed by atoms with Crippen LogP contribution in [0, 0.1) is 0 Å². The molecule has 3 heterocycles. The Hall–Kier alpha value is -1.06. The van der Waals surface area contributed by atoms with Crippen molar-refractivity contribution in [3.63, 3.8) is 0 Å². The van der Waals surface area contributed by atoms with E-state index in [1.807, 2.05) is 0 Å². The van der Waals surface area contributed by atoms with Gasteiger partial charge >= 0.3 is 0 Å². The molecule has 3 aliphatic rings. The lowest BCUT2D eigenvalue weighted by molar-refractivity contribution is 0.150. The lowest BCUT2D eigenvalue weighted by atomic mass is 10.0. The number of fused-ring (bicyclic) bond motifs is 1. The number of hydrogen-bond donors (Lipinski definition) is 1. The Balaban J connectivity index is 1.14. The van der Waals surface area contributed by atoms with Crippen LogP contribution in [-0.2, 0) is 0 Å². The van der Waals surface area contributed by atoms with Gasteiger partial charge in [-0.1, -0.05) is 31.4 Å². The lowest BCUT2D eigenvalue weighted by Crippen LogP contribution is -2.35. The highest BCUT2D eigenvalue weighted by Gasteiger charge is 2.35. The van der Waals surface area contributed by atoms with E-state index in [1.165, 1.54) is 108 Å². The Morgan fingerprint density at radius 1 is 0.778 bits per heavy atom. The maximum Gasteiger partial charge on any atom is 0.0351 e. The van der Waals surface area contributed by atoms with Gasteiger partial charge in [-0.3, -0.25) is 4.90 Å². The molecule has 0 spiro atoms. The molecule has 3 aliphatic heterocycles. The molecule has 4 rings (SSSR count). The first kappa shape index (κ1) is 19.3. The van der Waals surface area contributed by atoms with Crippen LogP contribution in [0.2, 0.25) is 0 Å². The van der Waals surface area contributed by atoms with E-state index in [0.717, 1.165) is 12.6 Å². The Bertz CT molecular complexity index is 549. The third-order valence-electron chi connectivity index (χ3n) is 7.07. The molecule has 0 radical (unpaired) electrons. The summed E-state index contributed by atoms with van der Waals surface area (Å²) in [7, 11) is 0. The Morgan fingerprint density at radius 3 is 2.44 bits per heavy atom. The maximum atomic E-state index is 3.63. The van der Waals surface area contributed by atoms with Gasteiger partial charge in [0.15, 0.2) is 0 Å².